The summed E-state index contributed by atoms with van der Waals surface area (Å²) in [6.45, 7) is 5.00. The second kappa shape index (κ2) is 14.7. The molecular weight excluding hydrogens is 535 g/mol. The summed E-state index contributed by atoms with van der Waals surface area (Å²) < 4.78 is 7.38. The van der Waals surface area contributed by atoms with Crippen LogP contribution in [0.25, 0.3) is 0 Å². The van der Waals surface area contributed by atoms with Gasteiger partial charge in [-0.05, 0) is 29.8 Å². The van der Waals surface area contributed by atoms with E-state index in [9.17, 15) is 0 Å². The molecule has 0 saturated heterocycles. The number of hydrogen-bond acceptors (Lipinski definition) is 5. The maximum atomic E-state index is 5.31. The quantitative estimate of drug-likeness (QED) is 0.120. The fraction of sp³-hybridized carbons (Fsp3) is 0.348. The summed E-state index contributed by atoms with van der Waals surface area (Å²) in [4.78, 5) is 6.03. The molecule has 0 atom stereocenters. The summed E-state index contributed by atoms with van der Waals surface area (Å²) in [6.07, 6.45) is 2.64. The number of aryl methyl sites for hydroxylation is 1. The molecule has 3 rings (SSSR count). The predicted octanol–water partition coefficient (Wildman–Crippen LogP) is 3.99. The van der Waals surface area contributed by atoms with Crippen molar-refractivity contribution in [2.75, 3.05) is 26.0 Å². The van der Waals surface area contributed by atoms with Gasteiger partial charge in [-0.3, -0.25) is 0 Å². The highest BCUT2D eigenvalue weighted by Crippen LogP contribution is 2.16. The van der Waals surface area contributed by atoms with Crippen LogP contribution in [0, 0.1) is 0 Å². The van der Waals surface area contributed by atoms with Gasteiger partial charge in [0.05, 0.1) is 13.7 Å². The van der Waals surface area contributed by atoms with Gasteiger partial charge in [-0.25, -0.2) is 4.99 Å². The lowest BCUT2D eigenvalue weighted by Crippen LogP contribution is -2.40. The van der Waals surface area contributed by atoms with Crippen molar-refractivity contribution in [1.29, 1.82) is 0 Å². The molecule has 0 spiro atoms. The lowest BCUT2D eigenvalue weighted by atomic mass is 10.2. The average molecular weight is 567 g/mol. The van der Waals surface area contributed by atoms with Crippen molar-refractivity contribution in [2.24, 2.45) is 4.99 Å². The third kappa shape index (κ3) is 8.70. The van der Waals surface area contributed by atoms with E-state index in [4.69, 9.17) is 9.73 Å². The highest BCUT2D eigenvalue weighted by molar-refractivity contribution is 14.0. The molecule has 32 heavy (non-hydrogen) atoms. The maximum absolute atomic E-state index is 5.31. The first-order valence-corrected chi connectivity index (χ1v) is 11.5. The molecule has 9 heteroatoms. The average Bonchev–Trinajstić information content (AvgIpc) is 3.28. The van der Waals surface area contributed by atoms with Gasteiger partial charge in [-0.15, -0.1) is 45.9 Å². The van der Waals surface area contributed by atoms with Gasteiger partial charge in [-0.2, -0.15) is 0 Å². The van der Waals surface area contributed by atoms with Gasteiger partial charge in [0.1, 0.15) is 17.9 Å². The van der Waals surface area contributed by atoms with E-state index in [-0.39, 0.29) is 24.0 Å². The molecule has 0 saturated carbocycles. The Morgan fingerprint density at radius 2 is 1.91 bits per heavy atom. The molecule has 3 aromatic rings. The van der Waals surface area contributed by atoms with Gasteiger partial charge < -0.3 is 19.9 Å². The number of thioether (sulfide) groups is 1. The molecule has 0 fully saturated rings. The number of rotatable bonds is 11. The van der Waals surface area contributed by atoms with Crippen molar-refractivity contribution in [3.63, 3.8) is 0 Å². The minimum absolute atomic E-state index is 0. The molecule has 0 aliphatic carbocycles. The van der Waals surface area contributed by atoms with E-state index in [0.29, 0.717) is 6.54 Å². The van der Waals surface area contributed by atoms with Crippen LogP contribution in [0.4, 0.5) is 0 Å². The monoisotopic (exact) mass is 566 g/mol. The molecule has 0 unspecified atom stereocenters. The number of guanidine groups is 1. The third-order valence-electron chi connectivity index (χ3n) is 4.62. The van der Waals surface area contributed by atoms with Crippen molar-refractivity contribution in [1.82, 2.24) is 25.4 Å². The fourth-order valence-corrected chi connectivity index (χ4v) is 3.79. The minimum atomic E-state index is 0. The Morgan fingerprint density at radius 3 is 2.69 bits per heavy atom. The zero-order valence-electron chi connectivity index (χ0n) is 18.5. The van der Waals surface area contributed by atoms with Crippen molar-refractivity contribution in [3.8, 4) is 5.75 Å². The Balaban J connectivity index is 0.00000363. The highest BCUT2D eigenvalue weighted by atomic mass is 127. The van der Waals surface area contributed by atoms with Crippen molar-refractivity contribution < 1.29 is 4.74 Å². The normalized spacial score (nSPS) is 11.0. The van der Waals surface area contributed by atoms with E-state index >= 15 is 0 Å². The van der Waals surface area contributed by atoms with E-state index < -0.39 is 0 Å². The lowest BCUT2D eigenvalue weighted by molar-refractivity contribution is 0.414. The van der Waals surface area contributed by atoms with Gasteiger partial charge in [0.15, 0.2) is 5.96 Å². The Bertz CT molecular complexity index is 950. The van der Waals surface area contributed by atoms with Gasteiger partial charge in [0, 0.05) is 36.7 Å². The standard InChI is InChI=1S/C23H30N6OS.HI/c1-3-22-28-27-18-29(22)14-12-24-23(25-13-15-31-21-10-5-4-6-11-21)26-17-19-8-7-9-20(16-19)30-2;/h4-11,16,18H,3,12-15,17H2,1-2H3,(H2,24,25,26);1H. The number of aliphatic imine (C=N–C) groups is 1. The van der Waals surface area contributed by atoms with Gasteiger partial charge >= 0.3 is 0 Å². The van der Waals surface area contributed by atoms with Crippen molar-refractivity contribution in [2.45, 2.75) is 31.3 Å². The predicted molar refractivity (Wildman–Crippen MR) is 142 cm³/mol. The molecule has 0 amide bonds. The number of benzene rings is 2. The number of nitrogens with one attached hydrogen (secondary N) is 2. The van der Waals surface area contributed by atoms with Gasteiger partial charge in [0.25, 0.3) is 0 Å². The lowest BCUT2D eigenvalue weighted by Gasteiger charge is -2.13. The Morgan fingerprint density at radius 1 is 1.09 bits per heavy atom. The first-order valence-electron chi connectivity index (χ1n) is 10.5. The SMILES string of the molecule is CCc1nncn1CCNC(=NCc1cccc(OC)c1)NCCSc1ccccc1.I. The molecule has 0 aliphatic heterocycles. The zero-order chi connectivity index (χ0) is 21.7. The fourth-order valence-electron chi connectivity index (χ4n) is 3.00. The summed E-state index contributed by atoms with van der Waals surface area (Å²) in [5.41, 5.74) is 1.10. The second-order valence-electron chi connectivity index (χ2n) is 6.83. The molecule has 0 radical (unpaired) electrons. The van der Waals surface area contributed by atoms with Crippen LogP contribution < -0.4 is 15.4 Å². The molecule has 1 heterocycles. The number of nitrogens with zero attached hydrogens (tertiary/aromatic N) is 4. The largest absolute Gasteiger partial charge is 0.497 e. The summed E-state index contributed by atoms with van der Waals surface area (Å²) in [7, 11) is 1.68. The molecule has 2 aromatic carbocycles. The highest BCUT2D eigenvalue weighted by Gasteiger charge is 2.04. The third-order valence-corrected chi connectivity index (χ3v) is 5.63. The van der Waals surface area contributed by atoms with Gasteiger partial charge in [0.2, 0.25) is 0 Å². The molecule has 1 aromatic heterocycles. The van der Waals surface area contributed by atoms with Crippen LogP contribution in [0.1, 0.15) is 18.3 Å². The van der Waals surface area contributed by atoms with E-state index in [1.54, 1.807) is 13.4 Å². The Labute approximate surface area is 211 Å². The van der Waals surface area contributed by atoms with Crippen LogP contribution >= 0.6 is 35.7 Å². The maximum Gasteiger partial charge on any atom is 0.191 e. The van der Waals surface area contributed by atoms with Crippen LogP contribution in [0.15, 0.2) is 70.8 Å². The molecular formula is C23H31IN6OS. The van der Waals surface area contributed by atoms with Crippen LogP contribution in [0.2, 0.25) is 0 Å². The summed E-state index contributed by atoms with van der Waals surface area (Å²) in [5.74, 6) is 3.58. The first kappa shape index (κ1) is 26.0. The first-order chi connectivity index (χ1) is 15.3. The Kier molecular flexibility index (Phi) is 12.0. The molecule has 0 bridgehead atoms. The molecule has 2 N–H and O–H groups in total. The number of ether oxygens (including phenoxy) is 1. The smallest absolute Gasteiger partial charge is 0.191 e. The molecule has 7 nitrogen and oxygen atoms in total. The summed E-state index contributed by atoms with van der Waals surface area (Å²) >= 11 is 1.83. The van der Waals surface area contributed by atoms with Crippen LogP contribution in [-0.2, 0) is 19.5 Å². The van der Waals surface area contributed by atoms with E-state index in [1.807, 2.05) is 36.0 Å². The van der Waals surface area contributed by atoms with Crippen LogP contribution in [0.3, 0.4) is 0 Å². The minimum Gasteiger partial charge on any atom is -0.497 e. The number of halogens is 1. The van der Waals surface area contributed by atoms with Crippen molar-refractivity contribution in [3.05, 3.63) is 72.3 Å². The van der Waals surface area contributed by atoms with Crippen LogP contribution in [-0.4, -0.2) is 46.7 Å². The summed E-state index contributed by atoms with van der Waals surface area (Å²) in [6, 6.07) is 18.4. The number of hydrogen-bond donors (Lipinski definition) is 2. The number of methoxy groups -OCH3 is 1. The molecule has 172 valence electrons. The van der Waals surface area contributed by atoms with E-state index in [0.717, 1.165) is 54.9 Å². The number of aromatic nitrogens is 3. The van der Waals surface area contributed by atoms with Crippen molar-refractivity contribution >= 4 is 41.7 Å². The van der Waals surface area contributed by atoms with Crippen LogP contribution in [0.5, 0.6) is 5.75 Å². The van der Waals surface area contributed by atoms with Gasteiger partial charge in [-0.1, -0.05) is 37.3 Å². The summed E-state index contributed by atoms with van der Waals surface area (Å²) in [5, 5.41) is 15.0. The van der Waals surface area contributed by atoms with E-state index in [1.165, 1.54) is 4.90 Å². The topological polar surface area (TPSA) is 76.4 Å². The second-order valence-corrected chi connectivity index (χ2v) is 7.99. The zero-order valence-corrected chi connectivity index (χ0v) is 21.7. The molecule has 0 aliphatic rings. The van der Waals surface area contributed by atoms with E-state index in [2.05, 4.69) is 62.7 Å². The Hall–Kier alpha value is -2.27.